The van der Waals surface area contributed by atoms with Crippen LogP contribution in [0.2, 0.25) is 0 Å². The van der Waals surface area contributed by atoms with Gasteiger partial charge in [0.25, 0.3) is 0 Å². The van der Waals surface area contributed by atoms with Crippen LogP contribution in [0.25, 0.3) is 111 Å². The van der Waals surface area contributed by atoms with Gasteiger partial charge in [0, 0.05) is 55.0 Å². The number of hydrogen-bond acceptors (Lipinski definition) is 3. The van der Waals surface area contributed by atoms with Gasteiger partial charge in [-0.2, -0.15) is 0 Å². The summed E-state index contributed by atoms with van der Waals surface area (Å²) < 4.78 is 4.86. The molecule has 0 N–H and O–H groups in total. The zero-order valence-corrected chi connectivity index (χ0v) is 33.6. The van der Waals surface area contributed by atoms with Crippen molar-refractivity contribution >= 4 is 43.6 Å². The summed E-state index contributed by atoms with van der Waals surface area (Å²) in [6, 6.07) is 79.4. The fourth-order valence-electron chi connectivity index (χ4n) is 9.14. The molecular formula is C57H37N5. The summed E-state index contributed by atoms with van der Waals surface area (Å²) in [6.07, 6.45) is 0. The Labute approximate surface area is 358 Å². The number of rotatable bonds is 7. The molecule has 0 saturated carbocycles. The third-order valence-corrected chi connectivity index (χ3v) is 12.0. The van der Waals surface area contributed by atoms with Gasteiger partial charge in [0.05, 0.1) is 27.8 Å². The highest BCUT2D eigenvalue weighted by atomic mass is 15.0. The third-order valence-electron chi connectivity index (χ3n) is 12.0. The second-order valence-corrected chi connectivity index (χ2v) is 15.6. The molecule has 0 bridgehead atoms. The summed E-state index contributed by atoms with van der Waals surface area (Å²) in [4.78, 5) is 14.8. The van der Waals surface area contributed by atoms with Crippen molar-refractivity contribution in [3.8, 4) is 67.8 Å². The molecule has 12 rings (SSSR count). The molecule has 0 aliphatic carbocycles. The van der Waals surface area contributed by atoms with Crippen LogP contribution in [-0.2, 0) is 0 Å². The number of nitrogens with zero attached hydrogens (tertiary/aromatic N) is 5. The minimum atomic E-state index is 0.640. The number of fused-ring (bicyclic) bond motifs is 6. The van der Waals surface area contributed by atoms with Gasteiger partial charge in [-0.25, -0.2) is 15.0 Å². The van der Waals surface area contributed by atoms with E-state index in [9.17, 15) is 0 Å². The van der Waals surface area contributed by atoms with Crippen molar-refractivity contribution < 1.29 is 0 Å². The van der Waals surface area contributed by atoms with Gasteiger partial charge < -0.3 is 9.13 Å². The molecule has 0 aliphatic rings. The molecule has 0 fully saturated rings. The zero-order valence-electron chi connectivity index (χ0n) is 33.6. The van der Waals surface area contributed by atoms with Crippen molar-refractivity contribution in [2.75, 3.05) is 0 Å². The minimum Gasteiger partial charge on any atom is -0.309 e. The van der Waals surface area contributed by atoms with E-state index in [0.29, 0.717) is 17.5 Å². The Morgan fingerprint density at radius 3 is 1.39 bits per heavy atom. The molecule has 5 heteroatoms. The highest BCUT2D eigenvalue weighted by Crippen LogP contribution is 2.42. The molecule has 0 radical (unpaired) electrons. The summed E-state index contributed by atoms with van der Waals surface area (Å²) in [5.41, 5.74) is 14.4. The quantitative estimate of drug-likeness (QED) is 0.162. The molecule has 0 aliphatic heterocycles. The normalized spacial score (nSPS) is 11.5. The van der Waals surface area contributed by atoms with E-state index in [2.05, 4.69) is 173 Å². The van der Waals surface area contributed by atoms with E-state index in [1.54, 1.807) is 0 Å². The second kappa shape index (κ2) is 14.7. The van der Waals surface area contributed by atoms with Crippen LogP contribution in [-0.4, -0.2) is 24.1 Å². The Bertz CT molecular complexity index is 3550. The van der Waals surface area contributed by atoms with Crippen LogP contribution >= 0.6 is 0 Å². The molecule has 0 saturated heterocycles. The fraction of sp³-hybridized carbons (Fsp3) is 0. The van der Waals surface area contributed by atoms with Crippen molar-refractivity contribution in [3.63, 3.8) is 0 Å². The molecule has 9 aromatic carbocycles. The first kappa shape index (κ1) is 35.5. The lowest BCUT2D eigenvalue weighted by atomic mass is 9.99. The lowest BCUT2D eigenvalue weighted by Gasteiger charge is -2.17. The number of hydrogen-bond donors (Lipinski definition) is 0. The zero-order chi connectivity index (χ0) is 41.0. The van der Waals surface area contributed by atoms with E-state index < -0.39 is 0 Å². The van der Waals surface area contributed by atoms with Gasteiger partial charge in [0.2, 0.25) is 0 Å². The maximum atomic E-state index is 4.96. The molecule has 0 amide bonds. The van der Waals surface area contributed by atoms with E-state index in [1.165, 1.54) is 43.7 Å². The average Bonchev–Trinajstić information content (AvgIpc) is 3.87. The monoisotopic (exact) mass is 791 g/mol. The molecule has 5 nitrogen and oxygen atoms in total. The van der Waals surface area contributed by atoms with Crippen molar-refractivity contribution in [3.05, 3.63) is 224 Å². The minimum absolute atomic E-state index is 0.640. The van der Waals surface area contributed by atoms with Crippen LogP contribution < -0.4 is 0 Å². The SMILES string of the molecule is c1ccc(-c2nc(-c3ccccc3)nc(-c3ccc(-c4ccc5c(c4)c4ccccc4n5-c4ccccc4-c4cccc5c6ccccc6n(-c6ccccc6)c45)cc3)n2)cc1. The largest absolute Gasteiger partial charge is 0.309 e. The number of benzene rings is 9. The van der Waals surface area contributed by atoms with Gasteiger partial charge in [0.1, 0.15) is 0 Å². The van der Waals surface area contributed by atoms with Crippen LogP contribution in [0.1, 0.15) is 0 Å². The second-order valence-electron chi connectivity index (χ2n) is 15.6. The van der Waals surface area contributed by atoms with Crippen LogP contribution in [0.15, 0.2) is 224 Å². The first-order chi connectivity index (χ1) is 30.8. The smallest absolute Gasteiger partial charge is 0.164 e. The van der Waals surface area contributed by atoms with Gasteiger partial charge in [-0.3, -0.25) is 0 Å². The fourth-order valence-corrected chi connectivity index (χ4v) is 9.14. The Balaban J connectivity index is 0.982. The van der Waals surface area contributed by atoms with Crippen LogP contribution in [0, 0.1) is 0 Å². The summed E-state index contributed by atoms with van der Waals surface area (Å²) in [6.45, 7) is 0. The average molecular weight is 792 g/mol. The summed E-state index contributed by atoms with van der Waals surface area (Å²) in [5.74, 6) is 1.94. The van der Waals surface area contributed by atoms with Gasteiger partial charge in [-0.05, 0) is 53.6 Å². The molecule has 290 valence electrons. The Kier molecular flexibility index (Phi) is 8.42. The van der Waals surface area contributed by atoms with Gasteiger partial charge in [-0.15, -0.1) is 0 Å². The van der Waals surface area contributed by atoms with E-state index in [-0.39, 0.29) is 0 Å². The van der Waals surface area contributed by atoms with Gasteiger partial charge in [-0.1, -0.05) is 182 Å². The van der Waals surface area contributed by atoms with Crippen LogP contribution in [0.4, 0.5) is 0 Å². The van der Waals surface area contributed by atoms with Crippen molar-refractivity contribution in [1.82, 2.24) is 24.1 Å². The Hall–Kier alpha value is -8.41. The van der Waals surface area contributed by atoms with E-state index in [0.717, 1.165) is 50.2 Å². The summed E-state index contributed by atoms with van der Waals surface area (Å²) in [5, 5.41) is 4.88. The number of aromatic nitrogens is 5. The topological polar surface area (TPSA) is 48.5 Å². The van der Waals surface area contributed by atoms with Crippen LogP contribution in [0.3, 0.4) is 0 Å². The molecule has 3 aromatic heterocycles. The summed E-state index contributed by atoms with van der Waals surface area (Å²) >= 11 is 0. The van der Waals surface area contributed by atoms with Crippen molar-refractivity contribution in [1.29, 1.82) is 0 Å². The van der Waals surface area contributed by atoms with E-state index in [1.807, 2.05) is 60.7 Å². The van der Waals surface area contributed by atoms with Crippen LogP contribution in [0.5, 0.6) is 0 Å². The van der Waals surface area contributed by atoms with Crippen molar-refractivity contribution in [2.24, 2.45) is 0 Å². The Morgan fingerprint density at radius 1 is 0.274 bits per heavy atom. The summed E-state index contributed by atoms with van der Waals surface area (Å²) in [7, 11) is 0. The first-order valence-corrected chi connectivity index (χ1v) is 21.0. The lowest BCUT2D eigenvalue weighted by Crippen LogP contribution is -2.00. The van der Waals surface area contributed by atoms with Crippen molar-refractivity contribution in [2.45, 2.75) is 0 Å². The van der Waals surface area contributed by atoms with Gasteiger partial charge in [0.15, 0.2) is 17.5 Å². The molecule has 0 atom stereocenters. The molecule has 12 aromatic rings. The standard InChI is InChI=1S/C57H37N5/c1-4-17-39(18-5-1)55-58-56(40-19-6-2-7-20-40)60-57(59-55)41-33-31-38(32-34-41)42-35-36-53-49(37-42)46-25-12-15-30-52(46)62(53)51-29-14-11-24-45(51)48-27-16-26-47-44-23-10-13-28-50(44)61(54(47)48)43-21-8-3-9-22-43/h1-37H. The molecular weight excluding hydrogens is 755 g/mol. The maximum Gasteiger partial charge on any atom is 0.164 e. The van der Waals surface area contributed by atoms with E-state index >= 15 is 0 Å². The molecule has 62 heavy (non-hydrogen) atoms. The predicted molar refractivity (Wildman–Crippen MR) is 256 cm³/mol. The van der Waals surface area contributed by atoms with E-state index in [4.69, 9.17) is 15.0 Å². The highest BCUT2D eigenvalue weighted by Gasteiger charge is 2.21. The number of para-hydroxylation sites is 5. The maximum absolute atomic E-state index is 4.96. The molecule has 3 heterocycles. The predicted octanol–water partition coefficient (Wildman–Crippen LogP) is 14.4. The molecule has 0 spiro atoms. The first-order valence-electron chi connectivity index (χ1n) is 21.0. The Morgan fingerprint density at radius 2 is 0.726 bits per heavy atom. The lowest BCUT2D eigenvalue weighted by molar-refractivity contribution is 1.07. The molecule has 0 unspecified atom stereocenters. The third kappa shape index (κ3) is 5.90. The van der Waals surface area contributed by atoms with Gasteiger partial charge >= 0.3 is 0 Å². The highest BCUT2D eigenvalue weighted by molar-refractivity contribution is 6.15.